The lowest BCUT2D eigenvalue weighted by atomic mass is 9.95. The van der Waals surface area contributed by atoms with E-state index in [1.165, 1.54) is 31.4 Å². The second-order valence-corrected chi connectivity index (χ2v) is 8.64. The molecule has 186 valence electrons. The Balaban J connectivity index is 1.92. The molecule has 1 aliphatic rings. The number of carbonyl (C=O) groups is 2. The van der Waals surface area contributed by atoms with E-state index in [4.69, 9.17) is 37.4 Å². The molecule has 2 aromatic carbocycles. The highest BCUT2D eigenvalue weighted by Crippen LogP contribution is 2.47. The lowest BCUT2D eigenvalue weighted by Crippen LogP contribution is -2.29. The molecule has 0 aliphatic carbocycles. The number of pyridine rings is 1. The van der Waals surface area contributed by atoms with E-state index < -0.39 is 23.5 Å². The third-order valence-electron chi connectivity index (χ3n) is 5.82. The number of benzene rings is 2. The second-order valence-electron chi connectivity index (χ2n) is 7.85. The number of halogens is 2. The molecule has 3 aromatic rings. The number of likely N-dealkylation sites (tertiary alicyclic amines) is 1. The second kappa shape index (κ2) is 10.5. The topological polar surface area (TPSA) is 98.2 Å². The van der Waals surface area contributed by atoms with Crippen molar-refractivity contribution in [3.05, 3.63) is 87.2 Å². The van der Waals surface area contributed by atoms with Crippen LogP contribution in [-0.2, 0) is 16.1 Å². The molecule has 1 aliphatic heterocycles. The van der Waals surface area contributed by atoms with Gasteiger partial charge in [-0.15, -0.1) is 0 Å². The quantitative estimate of drug-likeness (QED) is 0.260. The van der Waals surface area contributed by atoms with Crippen molar-refractivity contribution < 1.29 is 28.9 Å². The van der Waals surface area contributed by atoms with Gasteiger partial charge in [-0.1, -0.05) is 41.4 Å². The molecule has 1 atom stereocenters. The Bertz CT molecular complexity index is 1360. The summed E-state index contributed by atoms with van der Waals surface area (Å²) in [5.74, 6) is -1.34. The van der Waals surface area contributed by atoms with Crippen LogP contribution < -0.4 is 14.2 Å². The van der Waals surface area contributed by atoms with E-state index in [9.17, 15) is 14.7 Å². The molecule has 1 saturated heterocycles. The minimum absolute atomic E-state index is 0.0117. The Morgan fingerprint density at radius 2 is 1.78 bits per heavy atom. The average molecular weight is 529 g/mol. The Hall–Kier alpha value is -3.75. The van der Waals surface area contributed by atoms with E-state index in [1.807, 2.05) is 6.07 Å². The number of aliphatic hydroxyl groups is 1. The van der Waals surface area contributed by atoms with Crippen molar-refractivity contribution in [3.63, 3.8) is 0 Å². The van der Waals surface area contributed by atoms with Crippen LogP contribution in [0, 0.1) is 0 Å². The van der Waals surface area contributed by atoms with Crippen LogP contribution in [-0.4, -0.2) is 48.0 Å². The summed E-state index contributed by atoms with van der Waals surface area (Å²) in [6.07, 6.45) is 3.11. The summed E-state index contributed by atoms with van der Waals surface area (Å²) in [5, 5.41) is 11.5. The summed E-state index contributed by atoms with van der Waals surface area (Å²) in [6.45, 7) is 0.0827. The van der Waals surface area contributed by atoms with Gasteiger partial charge in [-0.2, -0.15) is 0 Å². The highest BCUT2D eigenvalue weighted by molar-refractivity contribution is 6.47. The first-order valence-corrected chi connectivity index (χ1v) is 11.5. The number of carbonyl (C=O) groups excluding carboxylic acids is 2. The molecule has 1 N–H and O–H groups in total. The number of amides is 1. The minimum atomic E-state index is -0.936. The average Bonchev–Trinajstić information content (AvgIpc) is 3.13. The van der Waals surface area contributed by atoms with Gasteiger partial charge in [0.15, 0.2) is 11.5 Å². The molecule has 36 heavy (non-hydrogen) atoms. The van der Waals surface area contributed by atoms with Crippen molar-refractivity contribution in [2.24, 2.45) is 0 Å². The number of rotatable bonds is 7. The van der Waals surface area contributed by atoms with E-state index in [0.29, 0.717) is 11.3 Å². The highest BCUT2D eigenvalue weighted by atomic mass is 35.5. The first-order chi connectivity index (χ1) is 17.3. The highest BCUT2D eigenvalue weighted by Gasteiger charge is 2.46. The van der Waals surface area contributed by atoms with E-state index in [1.54, 1.807) is 43.6 Å². The van der Waals surface area contributed by atoms with Crippen LogP contribution in [0.3, 0.4) is 0 Å². The van der Waals surface area contributed by atoms with Gasteiger partial charge in [-0.3, -0.25) is 14.6 Å². The number of hydrogen-bond donors (Lipinski definition) is 1. The fourth-order valence-electron chi connectivity index (χ4n) is 4.19. The molecule has 1 unspecified atom stereocenters. The van der Waals surface area contributed by atoms with Crippen LogP contribution in [0.2, 0.25) is 10.0 Å². The van der Waals surface area contributed by atoms with Gasteiger partial charge < -0.3 is 24.2 Å². The fraction of sp³-hybridized carbons (Fsp3) is 0.192. The molecule has 4 rings (SSSR count). The van der Waals surface area contributed by atoms with Crippen LogP contribution in [0.5, 0.6) is 17.2 Å². The smallest absolute Gasteiger partial charge is 0.295 e. The van der Waals surface area contributed by atoms with Crippen molar-refractivity contribution >= 4 is 40.7 Å². The summed E-state index contributed by atoms with van der Waals surface area (Å²) in [6, 6.07) is 11.0. The van der Waals surface area contributed by atoms with E-state index >= 15 is 0 Å². The van der Waals surface area contributed by atoms with E-state index in [-0.39, 0.29) is 39.2 Å². The molecule has 10 heteroatoms. The van der Waals surface area contributed by atoms with Gasteiger partial charge in [-0.05, 0) is 35.4 Å². The lowest BCUT2D eigenvalue weighted by Gasteiger charge is -2.25. The van der Waals surface area contributed by atoms with Crippen molar-refractivity contribution in [2.45, 2.75) is 12.6 Å². The predicted octanol–water partition coefficient (Wildman–Crippen LogP) is 5.04. The van der Waals surface area contributed by atoms with Gasteiger partial charge in [0.1, 0.15) is 16.5 Å². The normalized spacial score (nSPS) is 16.8. The summed E-state index contributed by atoms with van der Waals surface area (Å²) in [5.41, 5.74) is 1.16. The molecular formula is C26H22Cl2N2O6. The zero-order chi connectivity index (χ0) is 26.0. The lowest BCUT2D eigenvalue weighted by molar-refractivity contribution is -0.140. The molecule has 0 saturated carbocycles. The maximum absolute atomic E-state index is 13.3. The van der Waals surface area contributed by atoms with Crippen molar-refractivity contribution in [1.29, 1.82) is 0 Å². The Labute approximate surface area is 217 Å². The van der Waals surface area contributed by atoms with E-state index in [0.717, 1.165) is 5.56 Å². The first kappa shape index (κ1) is 25.3. The van der Waals surface area contributed by atoms with Crippen LogP contribution in [0.25, 0.3) is 5.76 Å². The number of Topliss-reactive ketones (excluding diaryl/α,β-unsaturated/α-hetero) is 1. The Kier molecular flexibility index (Phi) is 7.37. The monoisotopic (exact) mass is 528 g/mol. The van der Waals surface area contributed by atoms with Gasteiger partial charge in [-0.25, -0.2) is 0 Å². The standard InChI is InChI=1S/C26H22Cl2N2O6/c1-34-16-8-4-6-14(10-16)13-30-21(15-7-5-9-29-12-15)19(23(32)26(30)33)22(31)17-11-18(27)25(36-3)20(28)24(17)35-2/h4-12,21,31H,13H2,1-3H3/b22-19+. The number of ketones is 1. The number of hydrogen-bond acceptors (Lipinski definition) is 7. The first-order valence-electron chi connectivity index (χ1n) is 10.7. The van der Waals surface area contributed by atoms with Crippen LogP contribution in [0.4, 0.5) is 0 Å². The summed E-state index contributed by atoms with van der Waals surface area (Å²) < 4.78 is 15.9. The number of aromatic nitrogens is 1. The molecule has 2 heterocycles. The van der Waals surface area contributed by atoms with E-state index in [2.05, 4.69) is 4.98 Å². The Morgan fingerprint density at radius 1 is 1.03 bits per heavy atom. The van der Waals surface area contributed by atoms with Gasteiger partial charge in [0.05, 0.1) is 43.5 Å². The van der Waals surface area contributed by atoms with Crippen LogP contribution in [0.1, 0.15) is 22.7 Å². The molecule has 1 aromatic heterocycles. The Morgan fingerprint density at radius 3 is 2.42 bits per heavy atom. The SMILES string of the molecule is COc1cccc(CN2C(=O)C(=O)/C(=C(/O)c3cc(Cl)c(OC)c(Cl)c3OC)C2c2cccnc2)c1. The summed E-state index contributed by atoms with van der Waals surface area (Å²) in [4.78, 5) is 32.1. The van der Waals surface area contributed by atoms with Gasteiger partial charge >= 0.3 is 0 Å². The number of aliphatic hydroxyl groups excluding tert-OH is 1. The largest absolute Gasteiger partial charge is 0.507 e. The number of nitrogens with zero attached hydrogens (tertiary/aromatic N) is 2. The van der Waals surface area contributed by atoms with Gasteiger partial charge in [0.25, 0.3) is 11.7 Å². The molecule has 1 amide bonds. The molecule has 0 radical (unpaired) electrons. The third-order valence-corrected chi connectivity index (χ3v) is 6.45. The van der Waals surface area contributed by atoms with Crippen molar-refractivity contribution in [1.82, 2.24) is 9.88 Å². The predicted molar refractivity (Wildman–Crippen MR) is 135 cm³/mol. The van der Waals surface area contributed by atoms with Crippen molar-refractivity contribution in [2.75, 3.05) is 21.3 Å². The number of ether oxygens (including phenoxy) is 3. The van der Waals surface area contributed by atoms with Gasteiger partial charge in [0, 0.05) is 18.9 Å². The summed E-state index contributed by atoms with van der Waals surface area (Å²) in [7, 11) is 4.28. The molecule has 0 spiro atoms. The van der Waals surface area contributed by atoms with Crippen LogP contribution >= 0.6 is 23.2 Å². The molecule has 8 nitrogen and oxygen atoms in total. The summed E-state index contributed by atoms with van der Waals surface area (Å²) >= 11 is 12.7. The molecular weight excluding hydrogens is 507 g/mol. The van der Waals surface area contributed by atoms with Gasteiger partial charge in [0.2, 0.25) is 0 Å². The van der Waals surface area contributed by atoms with Crippen LogP contribution in [0.15, 0.2) is 60.4 Å². The fourth-order valence-corrected chi connectivity index (χ4v) is 4.87. The zero-order valence-corrected chi connectivity index (χ0v) is 21.1. The molecule has 0 bridgehead atoms. The maximum atomic E-state index is 13.3. The zero-order valence-electron chi connectivity index (χ0n) is 19.6. The minimum Gasteiger partial charge on any atom is -0.507 e. The maximum Gasteiger partial charge on any atom is 0.295 e. The molecule has 1 fully saturated rings. The number of methoxy groups -OCH3 is 3. The third kappa shape index (κ3) is 4.45. The van der Waals surface area contributed by atoms with Crippen molar-refractivity contribution in [3.8, 4) is 17.2 Å².